The van der Waals surface area contributed by atoms with Gasteiger partial charge in [-0.2, -0.15) is 0 Å². The number of amides is 2. The number of methoxy groups -OCH3 is 1. The first-order chi connectivity index (χ1) is 13.8. The van der Waals surface area contributed by atoms with Gasteiger partial charge in [-0.05, 0) is 17.7 Å². The molecule has 1 aliphatic rings. The molecule has 0 radical (unpaired) electrons. The van der Waals surface area contributed by atoms with Crippen LogP contribution >= 0.6 is 0 Å². The van der Waals surface area contributed by atoms with E-state index >= 15 is 0 Å². The standard InChI is InChI=1S/C19H20N4O6/c1-21-17-15(23(26)27)8-12(9-16(17)28-2)18(24)22-10-13(29-19(20)25)7-11-5-3-4-6-14(11)22/h3-6,8-9,13,21H,7,10H2,1-2H3,(H2,20,25). The van der Waals surface area contributed by atoms with Gasteiger partial charge in [0.2, 0.25) is 0 Å². The van der Waals surface area contributed by atoms with Crippen molar-refractivity contribution in [3.63, 3.8) is 0 Å². The number of anilines is 2. The molecule has 0 spiro atoms. The van der Waals surface area contributed by atoms with Crippen LogP contribution in [0.5, 0.6) is 5.75 Å². The number of nitrogens with two attached hydrogens (primary N) is 1. The summed E-state index contributed by atoms with van der Waals surface area (Å²) in [6.07, 6.45) is -1.15. The lowest BCUT2D eigenvalue weighted by Gasteiger charge is -2.34. The molecule has 2 amide bonds. The number of ether oxygens (including phenoxy) is 2. The molecule has 0 fully saturated rings. The number of nitro benzene ring substituents is 1. The average Bonchev–Trinajstić information content (AvgIpc) is 2.70. The molecule has 3 rings (SSSR count). The maximum absolute atomic E-state index is 13.3. The Kier molecular flexibility index (Phi) is 5.53. The van der Waals surface area contributed by atoms with E-state index in [9.17, 15) is 19.7 Å². The van der Waals surface area contributed by atoms with E-state index in [4.69, 9.17) is 15.2 Å². The number of nitro groups is 1. The largest absolute Gasteiger partial charge is 0.494 e. The van der Waals surface area contributed by atoms with Crippen LogP contribution < -0.4 is 20.7 Å². The van der Waals surface area contributed by atoms with Crippen LogP contribution in [0, 0.1) is 10.1 Å². The predicted molar refractivity (Wildman–Crippen MR) is 105 cm³/mol. The Balaban J connectivity index is 2.06. The van der Waals surface area contributed by atoms with Gasteiger partial charge in [0.15, 0.2) is 5.69 Å². The molecule has 2 aromatic carbocycles. The third-order valence-electron chi connectivity index (χ3n) is 4.64. The second-order valence-corrected chi connectivity index (χ2v) is 6.39. The molecule has 1 aliphatic heterocycles. The van der Waals surface area contributed by atoms with Crippen molar-refractivity contribution in [3.8, 4) is 5.75 Å². The summed E-state index contributed by atoms with van der Waals surface area (Å²) in [5, 5.41) is 14.2. The maximum atomic E-state index is 13.3. The Hall–Kier alpha value is -3.82. The van der Waals surface area contributed by atoms with E-state index < -0.39 is 23.0 Å². The minimum absolute atomic E-state index is 0.0714. The highest BCUT2D eigenvalue weighted by atomic mass is 16.6. The summed E-state index contributed by atoms with van der Waals surface area (Å²) in [6.45, 7) is 0.0721. The second-order valence-electron chi connectivity index (χ2n) is 6.39. The molecule has 1 heterocycles. The molecule has 3 N–H and O–H groups in total. The van der Waals surface area contributed by atoms with E-state index in [0.717, 1.165) is 5.56 Å². The summed E-state index contributed by atoms with van der Waals surface area (Å²) in [4.78, 5) is 36.8. The highest BCUT2D eigenvalue weighted by molar-refractivity contribution is 6.08. The number of nitrogens with one attached hydrogen (secondary N) is 1. The van der Waals surface area contributed by atoms with Crippen molar-refractivity contribution in [2.45, 2.75) is 12.5 Å². The van der Waals surface area contributed by atoms with E-state index in [1.165, 1.54) is 31.2 Å². The summed E-state index contributed by atoms with van der Waals surface area (Å²) >= 11 is 0. The SMILES string of the molecule is CNc1c(OC)cc(C(=O)N2CC(OC(N)=O)Cc3ccccc32)cc1[N+](=O)[O-]. The molecule has 0 saturated heterocycles. The maximum Gasteiger partial charge on any atom is 0.404 e. The molecule has 10 nitrogen and oxygen atoms in total. The molecule has 0 aliphatic carbocycles. The Morgan fingerprint density at radius 2 is 2.03 bits per heavy atom. The van der Waals surface area contributed by atoms with Crippen molar-refractivity contribution in [2.24, 2.45) is 5.73 Å². The van der Waals surface area contributed by atoms with Crippen LogP contribution in [0.25, 0.3) is 0 Å². The molecule has 0 saturated carbocycles. The first-order valence-electron chi connectivity index (χ1n) is 8.75. The van der Waals surface area contributed by atoms with Crippen LogP contribution in [0.3, 0.4) is 0 Å². The summed E-state index contributed by atoms with van der Waals surface area (Å²) in [6, 6.07) is 9.80. The van der Waals surface area contributed by atoms with Gasteiger partial charge in [-0.1, -0.05) is 18.2 Å². The summed E-state index contributed by atoms with van der Waals surface area (Å²) in [5.41, 5.74) is 6.53. The van der Waals surface area contributed by atoms with E-state index in [1.807, 2.05) is 12.1 Å². The highest BCUT2D eigenvalue weighted by Gasteiger charge is 2.32. The second kappa shape index (κ2) is 8.05. The lowest BCUT2D eigenvalue weighted by Crippen LogP contribution is -2.44. The zero-order valence-corrected chi connectivity index (χ0v) is 15.9. The van der Waals surface area contributed by atoms with E-state index in [0.29, 0.717) is 12.1 Å². The summed E-state index contributed by atoms with van der Waals surface area (Å²) in [7, 11) is 2.89. The number of fused-ring (bicyclic) bond motifs is 1. The van der Waals surface area contributed by atoms with Gasteiger partial charge in [-0.25, -0.2) is 4.79 Å². The van der Waals surface area contributed by atoms with Crippen LogP contribution in [0.15, 0.2) is 36.4 Å². The third kappa shape index (κ3) is 3.91. The Morgan fingerprint density at radius 3 is 2.66 bits per heavy atom. The van der Waals surface area contributed by atoms with Crippen LogP contribution in [0.2, 0.25) is 0 Å². The van der Waals surface area contributed by atoms with Gasteiger partial charge < -0.3 is 25.4 Å². The quantitative estimate of drug-likeness (QED) is 0.580. The predicted octanol–water partition coefficient (Wildman–Crippen LogP) is 2.31. The van der Waals surface area contributed by atoms with Crippen molar-refractivity contribution in [1.29, 1.82) is 0 Å². The molecule has 0 aromatic heterocycles. The van der Waals surface area contributed by atoms with E-state index in [-0.39, 0.29) is 29.2 Å². The van der Waals surface area contributed by atoms with Crippen molar-refractivity contribution >= 4 is 29.1 Å². The number of rotatable bonds is 5. The first-order valence-corrected chi connectivity index (χ1v) is 8.75. The third-order valence-corrected chi connectivity index (χ3v) is 4.64. The van der Waals surface area contributed by atoms with Gasteiger partial charge >= 0.3 is 6.09 Å². The minimum Gasteiger partial charge on any atom is -0.494 e. The Morgan fingerprint density at radius 1 is 1.31 bits per heavy atom. The average molecular weight is 400 g/mol. The van der Waals surface area contributed by atoms with Crippen LogP contribution in [0.1, 0.15) is 15.9 Å². The number of hydrogen-bond donors (Lipinski definition) is 2. The highest BCUT2D eigenvalue weighted by Crippen LogP contribution is 2.37. The lowest BCUT2D eigenvalue weighted by atomic mass is 9.98. The molecule has 2 aromatic rings. The zero-order valence-electron chi connectivity index (χ0n) is 15.9. The molecule has 152 valence electrons. The van der Waals surface area contributed by atoms with Gasteiger partial charge in [0, 0.05) is 25.2 Å². The normalized spacial score (nSPS) is 15.2. The van der Waals surface area contributed by atoms with Crippen molar-refractivity contribution < 1.29 is 24.0 Å². The van der Waals surface area contributed by atoms with E-state index in [1.54, 1.807) is 12.1 Å². The topological polar surface area (TPSA) is 137 Å². The molecular formula is C19H20N4O6. The van der Waals surface area contributed by atoms with Crippen LogP contribution in [-0.4, -0.2) is 43.7 Å². The smallest absolute Gasteiger partial charge is 0.404 e. The number of carbonyl (C=O) groups is 2. The number of primary amides is 1. The van der Waals surface area contributed by atoms with Gasteiger partial charge in [-0.15, -0.1) is 0 Å². The molecule has 1 atom stereocenters. The molecular weight excluding hydrogens is 380 g/mol. The Labute approximate surface area is 166 Å². The van der Waals surface area contributed by atoms with Crippen molar-refractivity contribution in [3.05, 3.63) is 57.6 Å². The summed E-state index contributed by atoms with van der Waals surface area (Å²) in [5.74, 6) is -0.320. The number of para-hydroxylation sites is 1. The number of benzene rings is 2. The van der Waals surface area contributed by atoms with Crippen LogP contribution in [0.4, 0.5) is 21.9 Å². The molecule has 29 heavy (non-hydrogen) atoms. The lowest BCUT2D eigenvalue weighted by molar-refractivity contribution is -0.384. The van der Waals surface area contributed by atoms with Gasteiger partial charge in [0.1, 0.15) is 11.9 Å². The fraction of sp³-hybridized carbons (Fsp3) is 0.263. The summed E-state index contributed by atoms with van der Waals surface area (Å²) < 4.78 is 10.3. The fourth-order valence-electron chi connectivity index (χ4n) is 3.43. The monoisotopic (exact) mass is 400 g/mol. The van der Waals surface area contributed by atoms with Crippen molar-refractivity contribution in [2.75, 3.05) is 30.9 Å². The Bertz CT molecular complexity index is 977. The van der Waals surface area contributed by atoms with Crippen LogP contribution in [-0.2, 0) is 11.2 Å². The number of hydrogen-bond acceptors (Lipinski definition) is 7. The molecule has 1 unspecified atom stereocenters. The zero-order chi connectivity index (χ0) is 21.1. The first kappa shape index (κ1) is 19.9. The molecule has 0 bridgehead atoms. The minimum atomic E-state index is -0.933. The van der Waals surface area contributed by atoms with E-state index in [2.05, 4.69) is 5.32 Å². The fourth-order valence-corrected chi connectivity index (χ4v) is 3.43. The molecule has 10 heteroatoms. The van der Waals surface area contributed by atoms with Gasteiger partial charge in [-0.3, -0.25) is 14.9 Å². The number of carbonyl (C=O) groups excluding carboxylic acids is 2. The number of nitrogens with zero attached hydrogens (tertiary/aromatic N) is 2. The van der Waals surface area contributed by atoms with Gasteiger partial charge in [0.25, 0.3) is 11.6 Å². The van der Waals surface area contributed by atoms with Crippen molar-refractivity contribution in [1.82, 2.24) is 0 Å². The van der Waals surface area contributed by atoms with Gasteiger partial charge in [0.05, 0.1) is 24.1 Å².